The van der Waals surface area contributed by atoms with Crippen molar-refractivity contribution >= 4 is 17.5 Å². The van der Waals surface area contributed by atoms with E-state index < -0.39 is 0 Å². The average molecular weight is 380 g/mol. The summed E-state index contributed by atoms with van der Waals surface area (Å²) in [7, 11) is 0. The minimum atomic E-state index is 0.0313. The fraction of sp³-hybridized carbons (Fsp3) is 0.500. The number of pyridine rings is 2. The minimum Gasteiger partial charge on any atom is -0.341 e. The highest BCUT2D eigenvalue weighted by Gasteiger charge is 2.29. The van der Waals surface area contributed by atoms with Gasteiger partial charge < -0.3 is 15.5 Å². The van der Waals surface area contributed by atoms with Crippen molar-refractivity contribution in [3.8, 4) is 0 Å². The first-order chi connectivity index (χ1) is 13.7. The first kappa shape index (κ1) is 18.9. The van der Waals surface area contributed by atoms with Gasteiger partial charge in [0, 0.05) is 25.5 Å². The zero-order valence-electron chi connectivity index (χ0n) is 16.5. The smallest absolute Gasteiger partial charge is 0.239 e. The third-order valence-electron chi connectivity index (χ3n) is 5.84. The fourth-order valence-corrected chi connectivity index (χ4v) is 4.22. The normalized spacial score (nSPS) is 20.8. The van der Waals surface area contributed by atoms with Crippen LogP contribution in [0.5, 0.6) is 0 Å². The van der Waals surface area contributed by atoms with Gasteiger partial charge in [0.1, 0.15) is 11.6 Å². The summed E-state index contributed by atoms with van der Waals surface area (Å²) in [4.78, 5) is 23.6. The maximum Gasteiger partial charge on any atom is 0.239 e. The second kappa shape index (κ2) is 8.69. The van der Waals surface area contributed by atoms with Crippen LogP contribution in [0.3, 0.4) is 0 Å². The quantitative estimate of drug-likeness (QED) is 0.852. The summed E-state index contributed by atoms with van der Waals surface area (Å²) >= 11 is 0. The number of aryl methyl sites for hydroxylation is 1. The van der Waals surface area contributed by atoms with Crippen LogP contribution in [0.2, 0.25) is 0 Å². The Labute approximate surface area is 166 Å². The predicted octanol–water partition coefficient (Wildman–Crippen LogP) is 3.38. The molecule has 2 aromatic rings. The number of amides is 1. The Hall–Kier alpha value is -2.47. The Morgan fingerprint density at radius 2 is 1.82 bits per heavy atom. The zero-order chi connectivity index (χ0) is 19.3. The number of nitrogens with one attached hydrogen (secondary N) is 2. The lowest BCUT2D eigenvalue weighted by atomic mass is 9.89. The summed E-state index contributed by atoms with van der Waals surface area (Å²) in [5, 5.41) is 6.68. The molecule has 2 aliphatic heterocycles. The maximum atomic E-state index is 12.7. The van der Waals surface area contributed by atoms with E-state index in [-0.39, 0.29) is 6.04 Å². The molecule has 2 aliphatic rings. The van der Waals surface area contributed by atoms with Crippen LogP contribution >= 0.6 is 0 Å². The lowest BCUT2D eigenvalue weighted by molar-refractivity contribution is -0.135. The van der Waals surface area contributed by atoms with Crippen molar-refractivity contribution in [2.75, 3.05) is 25.0 Å². The van der Waals surface area contributed by atoms with Crippen LogP contribution in [0.25, 0.3) is 0 Å². The van der Waals surface area contributed by atoms with E-state index in [1.807, 2.05) is 18.3 Å². The Morgan fingerprint density at radius 3 is 2.54 bits per heavy atom. The molecule has 4 heterocycles. The molecular formula is C22H29N5O. The van der Waals surface area contributed by atoms with Crippen LogP contribution in [0.15, 0.2) is 36.7 Å². The highest BCUT2D eigenvalue weighted by atomic mass is 16.2. The van der Waals surface area contributed by atoms with Crippen molar-refractivity contribution in [2.24, 2.45) is 0 Å². The molecule has 2 fully saturated rings. The number of hydrogen-bond donors (Lipinski definition) is 2. The van der Waals surface area contributed by atoms with Gasteiger partial charge in [0.2, 0.25) is 5.91 Å². The van der Waals surface area contributed by atoms with E-state index in [2.05, 4.69) is 44.6 Å². The summed E-state index contributed by atoms with van der Waals surface area (Å²) in [6.07, 6.45) is 8.98. The van der Waals surface area contributed by atoms with Gasteiger partial charge >= 0.3 is 0 Å². The molecule has 0 aliphatic carbocycles. The molecule has 2 saturated heterocycles. The molecule has 1 unspecified atom stereocenters. The van der Waals surface area contributed by atoms with Gasteiger partial charge in [0.15, 0.2) is 0 Å². The zero-order valence-corrected chi connectivity index (χ0v) is 16.5. The number of rotatable bonds is 4. The van der Waals surface area contributed by atoms with Gasteiger partial charge in [-0.2, -0.15) is 0 Å². The van der Waals surface area contributed by atoms with E-state index in [4.69, 9.17) is 0 Å². The molecule has 4 rings (SSSR count). The maximum absolute atomic E-state index is 12.7. The first-order valence-electron chi connectivity index (χ1n) is 10.4. The van der Waals surface area contributed by atoms with Gasteiger partial charge in [-0.25, -0.2) is 9.97 Å². The largest absolute Gasteiger partial charge is 0.341 e. The van der Waals surface area contributed by atoms with E-state index in [1.165, 1.54) is 12.0 Å². The SMILES string of the molecule is Cc1ccnc(Nc2cc(C3CCN(C(=O)C4CCCCN4)CC3)ccn2)c1. The molecule has 0 aromatic carbocycles. The van der Waals surface area contributed by atoms with Crippen molar-refractivity contribution in [1.29, 1.82) is 0 Å². The summed E-state index contributed by atoms with van der Waals surface area (Å²) in [6, 6.07) is 8.24. The molecular weight excluding hydrogens is 350 g/mol. The number of carbonyl (C=O) groups is 1. The number of nitrogens with zero attached hydrogens (tertiary/aromatic N) is 3. The monoisotopic (exact) mass is 379 g/mol. The van der Waals surface area contributed by atoms with Crippen molar-refractivity contribution < 1.29 is 4.79 Å². The Morgan fingerprint density at radius 1 is 1.07 bits per heavy atom. The second-order valence-corrected chi connectivity index (χ2v) is 7.92. The number of hydrogen-bond acceptors (Lipinski definition) is 5. The molecule has 148 valence electrons. The molecule has 6 heteroatoms. The van der Waals surface area contributed by atoms with E-state index in [1.54, 1.807) is 6.20 Å². The highest BCUT2D eigenvalue weighted by Crippen LogP contribution is 2.30. The van der Waals surface area contributed by atoms with Crippen LogP contribution in [0.1, 0.15) is 49.1 Å². The van der Waals surface area contributed by atoms with Gasteiger partial charge in [-0.1, -0.05) is 6.42 Å². The molecule has 2 aromatic heterocycles. The topological polar surface area (TPSA) is 70.2 Å². The molecule has 0 saturated carbocycles. The molecule has 2 N–H and O–H groups in total. The van der Waals surface area contributed by atoms with Crippen molar-refractivity contribution in [3.63, 3.8) is 0 Å². The third kappa shape index (κ3) is 4.50. The Kier molecular flexibility index (Phi) is 5.86. The van der Waals surface area contributed by atoms with E-state index in [0.717, 1.165) is 62.5 Å². The number of anilines is 2. The summed E-state index contributed by atoms with van der Waals surface area (Å²) in [6.45, 7) is 4.70. The van der Waals surface area contributed by atoms with E-state index in [0.29, 0.717) is 11.8 Å². The van der Waals surface area contributed by atoms with E-state index in [9.17, 15) is 4.79 Å². The highest BCUT2D eigenvalue weighted by molar-refractivity contribution is 5.82. The summed E-state index contributed by atoms with van der Waals surface area (Å²) in [5.41, 5.74) is 2.45. The van der Waals surface area contributed by atoms with Gasteiger partial charge in [0.25, 0.3) is 0 Å². The molecule has 0 bridgehead atoms. The van der Waals surface area contributed by atoms with Crippen LogP contribution in [-0.2, 0) is 4.79 Å². The van der Waals surface area contributed by atoms with Crippen LogP contribution < -0.4 is 10.6 Å². The molecule has 0 radical (unpaired) electrons. The number of carbonyl (C=O) groups excluding carboxylic acids is 1. The second-order valence-electron chi connectivity index (χ2n) is 7.92. The third-order valence-corrected chi connectivity index (χ3v) is 5.84. The molecule has 28 heavy (non-hydrogen) atoms. The van der Waals surface area contributed by atoms with Gasteiger partial charge in [-0.05, 0) is 80.5 Å². The van der Waals surface area contributed by atoms with Gasteiger partial charge in [0.05, 0.1) is 6.04 Å². The predicted molar refractivity (Wildman–Crippen MR) is 111 cm³/mol. The molecule has 1 atom stereocenters. The fourth-order valence-electron chi connectivity index (χ4n) is 4.22. The molecule has 0 spiro atoms. The number of piperidine rings is 2. The minimum absolute atomic E-state index is 0.0313. The van der Waals surface area contributed by atoms with E-state index >= 15 is 0 Å². The Bertz CT molecular complexity index is 810. The van der Waals surface area contributed by atoms with Crippen molar-refractivity contribution in [1.82, 2.24) is 20.2 Å². The number of likely N-dealkylation sites (tertiary alicyclic amines) is 1. The average Bonchev–Trinajstić information content (AvgIpc) is 2.74. The first-order valence-corrected chi connectivity index (χ1v) is 10.4. The number of aromatic nitrogens is 2. The standard InChI is InChI=1S/C22H29N5O/c1-16-5-10-24-20(14-16)26-21-15-18(6-11-25-21)17-7-12-27(13-8-17)22(28)19-4-2-3-9-23-19/h5-6,10-11,14-15,17,19,23H,2-4,7-9,12-13H2,1H3,(H,24,25,26). The lowest BCUT2D eigenvalue weighted by Crippen LogP contribution is -2.50. The van der Waals surface area contributed by atoms with Crippen LogP contribution in [-0.4, -0.2) is 46.5 Å². The Balaban J connectivity index is 1.36. The van der Waals surface area contributed by atoms with Gasteiger partial charge in [-0.3, -0.25) is 4.79 Å². The van der Waals surface area contributed by atoms with Crippen molar-refractivity contribution in [3.05, 3.63) is 47.8 Å². The summed E-state index contributed by atoms with van der Waals surface area (Å²) < 4.78 is 0. The van der Waals surface area contributed by atoms with Crippen LogP contribution in [0, 0.1) is 6.92 Å². The van der Waals surface area contributed by atoms with Crippen molar-refractivity contribution in [2.45, 2.75) is 51.0 Å². The van der Waals surface area contributed by atoms with Gasteiger partial charge in [-0.15, -0.1) is 0 Å². The lowest BCUT2D eigenvalue weighted by Gasteiger charge is -2.35. The summed E-state index contributed by atoms with van der Waals surface area (Å²) in [5.74, 6) is 2.39. The molecule has 6 nitrogen and oxygen atoms in total. The van der Waals surface area contributed by atoms with Crippen LogP contribution in [0.4, 0.5) is 11.6 Å². The molecule has 1 amide bonds.